The molecule has 0 unspecified atom stereocenters. The summed E-state index contributed by atoms with van der Waals surface area (Å²) >= 11 is 0. The first-order chi connectivity index (χ1) is 7.36. The Balaban J connectivity index is 2.17. The van der Waals surface area contributed by atoms with Gasteiger partial charge in [0.15, 0.2) is 5.84 Å². The summed E-state index contributed by atoms with van der Waals surface area (Å²) in [5.41, 5.74) is 1.52. The number of carbonyl (C=O) groups excluding carboxylic acids is 1. The fourth-order valence-corrected chi connectivity index (χ4v) is 1.87. The Morgan fingerprint density at radius 3 is 3.33 bits per heavy atom. The number of hydrogen-bond acceptors (Lipinski definition) is 3. The molecule has 0 radical (unpaired) electrons. The molecule has 76 valence electrons. The predicted octanol–water partition coefficient (Wildman–Crippen LogP) is 1.08. The van der Waals surface area contributed by atoms with E-state index in [-0.39, 0.29) is 6.03 Å². The summed E-state index contributed by atoms with van der Waals surface area (Å²) in [6.07, 6.45) is 2.63. The van der Waals surface area contributed by atoms with Crippen LogP contribution in [0.15, 0.2) is 23.3 Å². The third-order valence-electron chi connectivity index (χ3n) is 2.56. The number of amidine groups is 1. The zero-order valence-corrected chi connectivity index (χ0v) is 8.10. The molecule has 1 aromatic rings. The number of nitrogens with zero attached hydrogens (tertiary/aromatic N) is 3. The lowest BCUT2D eigenvalue weighted by Crippen LogP contribution is -2.47. The molecule has 3 rings (SSSR count). The zero-order chi connectivity index (χ0) is 10.3. The number of carbonyl (C=O) groups is 1. The first-order valence-corrected chi connectivity index (χ1v) is 4.94. The van der Waals surface area contributed by atoms with Crippen LogP contribution in [0, 0.1) is 0 Å². The van der Waals surface area contributed by atoms with Crippen molar-refractivity contribution in [1.29, 1.82) is 0 Å². The maximum absolute atomic E-state index is 11.7. The molecule has 0 fully saturated rings. The number of rotatable bonds is 0. The molecule has 1 aromatic heterocycles. The van der Waals surface area contributed by atoms with Crippen molar-refractivity contribution in [2.45, 2.75) is 6.42 Å². The highest BCUT2D eigenvalue weighted by Crippen LogP contribution is 2.23. The lowest BCUT2D eigenvalue weighted by molar-refractivity contribution is 0.231. The Morgan fingerprint density at radius 2 is 2.40 bits per heavy atom. The van der Waals surface area contributed by atoms with Crippen LogP contribution in [0.3, 0.4) is 0 Å². The van der Waals surface area contributed by atoms with Gasteiger partial charge in [0.25, 0.3) is 0 Å². The van der Waals surface area contributed by atoms with E-state index in [2.05, 4.69) is 15.3 Å². The van der Waals surface area contributed by atoms with Crippen LogP contribution in [0.1, 0.15) is 12.1 Å². The number of fused-ring (bicyclic) bond motifs is 3. The number of anilines is 1. The van der Waals surface area contributed by atoms with E-state index in [1.165, 1.54) is 0 Å². The molecule has 0 spiro atoms. The molecular weight excluding hydrogens is 192 g/mol. The van der Waals surface area contributed by atoms with Crippen LogP contribution in [-0.2, 0) is 0 Å². The summed E-state index contributed by atoms with van der Waals surface area (Å²) in [6, 6.07) is 3.54. The van der Waals surface area contributed by atoms with E-state index < -0.39 is 0 Å². The fraction of sp³-hybridized carbons (Fsp3) is 0.300. The van der Waals surface area contributed by atoms with E-state index in [1.807, 2.05) is 6.07 Å². The van der Waals surface area contributed by atoms with Crippen molar-refractivity contribution < 1.29 is 4.79 Å². The summed E-state index contributed by atoms with van der Waals surface area (Å²) in [5.74, 6) is 0.709. The van der Waals surface area contributed by atoms with Crippen LogP contribution in [0.2, 0.25) is 0 Å². The van der Waals surface area contributed by atoms with Crippen LogP contribution in [-0.4, -0.2) is 34.8 Å². The second-order valence-electron chi connectivity index (χ2n) is 3.54. The number of hydrogen-bond donors (Lipinski definition) is 1. The molecule has 2 amide bonds. The van der Waals surface area contributed by atoms with E-state index in [9.17, 15) is 4.79 Å². The molecule has 5 nitrogen and oxygen atoms in total. The molecule has 0 aliphatic carbocycles. The summed E-state index contributed by atoms with van der Waals surface area (Å²) in [4.78, 5) is 22.0. The van der Waals surface area contributed by atoms with Gasteiger partial charge in [-0.2, -0.15) is 0 Å². The van der Waals surface area contributed by atoms with Crippen LogP contribution >= 0.6 is 0 Å². The van der Waals surface area contributed by atoms with Gasteiger partial charge in [0.05, 0.1) is 5.69 Å². The summed E-state index contributed by atoms with van der Waals surface area (Å²) < 4.78 is 0. The lowest BCUT2D eigenvalue weighted by atomic mass is 10.2. The van der Waals surface area contributed by atoms with Crippen molar-refractivity contribution in [3.8, 4) is 0 Å². The van der Waals surface area contributed by atoms with Crippen LogP contribution in [0.25, 0.3) is 0 Å². The van der Waals surface area contributed by atoms with Gasteiger partial charge >= 0.3 is 6.03 Å². The first-order valence-electron chi connectivity index (χ1n) is 4.94. The van der Waals surface area contributed by atoms with Gasteiger partial charge in [0, 0.05) is 19.3 Å². The number of nitrogens with one attached hydrogen (secondary N) is 1. The average Bonchev–Trinajstić information content (AvgIpc) is 2.30. The van der Waals surface area contributed by atoms with Gasteiger partial charge in [-0.15, -0.1) is 0 Å². The monoisotopic (exact) mass is 202 g/mol. The van der Waals surface area contributed by atoms with Gasteiger partial charge in [-0.1, -0.05) is 0 Å². The van der Waals surface area contributed by atoms with Gasteiger partial charge in [0.2, 0.25) is 0 Å². The second-order valence-corrected chi connectivity index (χ2v) is 3.54. The molecule has 15 heavy (non-hydrogen) atoms. The van der Waals surface area contributed by atoms with E-state index in [4.69, 9.17) is 0 Å². The number of aliphatic imine (C=N–C) groups is 1. The van der Waals surface area contributed by atoms with E-state index in [0.29, 0.717) is 5.84 Å². The standard InChI is InChI=1S/C10H10N4O/c15-10-13-7-3-1-4-11-8(7)9-12-5-2-6-14(9)10/h1,3-4H,2,5-6H2,(H,13,15). The molecule has 1 N–H and O–H groups in total. The third kappa shape index (κ3) is 1.20. The van der Waals surface area contributed by atoms with E-state index in [0.717, 1.165) is 30.9 Å². The quantitative estimate of drug-likeness (QED) is 0.684. The van der Waals surface area contributed by atoms with Gasteiger partial charge in [-0.3, -0.25) is 14.9 Å². The maximum atomic E-state index is 11.7. The molecule has 0 aromatic carbocycles. The molecule has 0 atom stereocenters. The molecule has 3 heterocycles. The van der Waals surface area contributed by atoms with Crippen LogP contribution in [0.5, 0.6) is 0 Å². The summed E-state index contributed by atoms with van der Waals surface area (Å²) in [6.45, 7) is 1.50. The molecule has 2 aliphatic heterocycles. The topological polar surface area (TPSA) is 57.6 Å². The van der Waals surface area contributed by atoms with Crippen molar-refractivity contribution in [3.63, 3.8) is 0 Å². The Hall–Kier alpha value is -1.91. The molecule has 0 saturated heterocycles. The Morgan fingerprint density at radius 1 is 1.47 bits per heavy atom. The maximum Gasteiger partial charge on any atom is 0.327 e. The highest BCUT2D eigenvalue weighted by molar-refractivity contribution is 6.17. The number of amides is 2. The molecular formula is C10H10N4O. The first kappa shape index (κ1) is 8.40. The second kappa shape index (κ2) is 3.05. The molecule has 2 aliphatic rings. The summed E-state index contributed by atoms with van der Waals surface area (Å²) in [7, 11) is 0. The largest absolute Gasteiger partial charge is 0.327 e. The highest BCUT2D eigenvalue weighted by atomic mass is 16.2. The Kier molecular flexibility index (Phi) is 1.71. The van der Waals surface area contributed by atoms with Gasteiger partial charge < -0.3 is 5.32 Å². The summed E-state index contributed by atoms with van der Waals surface area (Å²) in [5, 5.41) is 2.80. The minimum atomic E-state index is -0.103. The normalized spacial score (nSPS) is 18.8. The smallest absolute Gasteiger partial charge is 0.305 e. The highest BCUT2D eigenvalue weighted by Gasteiger charge is 2.30. The molecule has 5 heteroatoms. The average molecular weight is 202 g/mol. The SMILES string of the molecule is O=C1Nc2cccnc2C2=NCCCN12. The third-order valence-corrected chi connectivity index (χ3v) is 2.56. The van der Waals surface area contributed by atoms with Crippen molar-refractivity contribution >= 4 is 17.6 Å². The Labute approximate surface area is 86.8 Å². The Bertz CT molecular complexity index is 454. The van der Waals surface area contributed by atoms with Crippen molar-refractivity contribution in [2.75, 3.05) is 18.4 Å². The number of pyridine rings is 1. The molecule has 0 bridgehead atoms. The number of urea groups is 1. The molecule has 0 saturated carbocycles. The van der Waals surface area contributed by atoms with Crippen LogP contribution in [0.4, 0.5) is 10.5 Å². The fourth-order valence-electron chi connectivity index (χ4n) is 1.87. The van der Waals surface area contributed by atoms with Crippen LogP contribution < -0.4 is 5.32 Å². The van der Waals surface area contributed by atoms with E-state index >= 15 is 0 Å². The lowest BCUT2D eigenvalue weighted by Gasteiger charge is -2.32. The zero-order valence-electron chi connectivity index (χ0n) is 8.10. The van der Waals surface area contributed by atoms with Gasteiger partial charge in [-0.25, -0.2) is 4.79 Å². The minimum absolute atomic E-state index is 0.103. The van der Waals surface area contributed by atoms with Crippen molar-refractivity contribution in [2.24, 2.45) is 4.99 Å². The number of aromatic nitrogens is 1. The van der Waals surface area contributed by atoms with Gasteiger partial charge in [0.1, 0.15) is 5.69 Å². The van der Waals surface area contributed by atoms with E-state index in [1.54, 1.807) is 17.2 Å². The van der Waals surface area contributed by atoms with Gasteiger partial charge in [-0.05, 0) is 18.6 Å². The van der Waals surface area contributed by atoms with Crippen molar-refractivity contribution in [1.82, 2.24) is 9.88 Å². The van der Waals surface area contributed by atoms with Crippen molar-refractivity contribution in [3.05, 3.63) is 24.0 Å². The minimum Gasteiger partial charge on any atom is -0.305 e. The predicted molar refractivity (Wildman–Crippen MR) is 56.0 cm³/mol.